The first kappa shape index (κ1) is 27.7. The molecule has 3 aromatic rings. The van der Waals surface area contributed by atoms with Gasteiger partial charge in [-0.3, -0.25) is 14.0 Å². The second-order valence-electron chi connectivity index (χ2n) is 9.68. The Hall–Kier alpha value is -3.36. The summed E-state index contributed by atoms with van der Waals surface area (Å²) in [6.07, 6.45) is 3.84. The molecule has 38 heavy (non-hydrogen) atoms. The van der Waals surface area contributed by atoms with Crippen molar-refractivity contribution < 1.29 is 17.9 Å². The van der Waals surface area contributed by atoms with Gasteiger partial charge in [0.15, 0.2) is 0 Å². The van der Waals surface area contributed by atoms with Crippen molar-refractivity contribution in [3.8, 4) is 5.75 Å². The van der Waals surface area contributed by atoms with Crippen molar-refractivity contribution in [3.63, 3.8) is 0 Å². The molecule has 0 unspecified atom stereocenters. The maximum Gasteiger partial charge on any atom is 0.264 e. The van der Waals surface area contributed by atoms with Crippen molar-refractivity contribution in [1.82, 2.24) is 10.2 Å². The molecule has 0 aromatic heterocycles. The third-order valence-corrected chi connectivity index (χ3v) is 8.49. The lowest BCUT2D eigenvalue weighted by Crippen LogP contribution is -2.40. The van der Waals surface area contributed by atoms with E-state index in [4.69, 9.17) is 4.74 Å². The second-order valence-corrected chi connectivity index (χ2v) is 11.5. The van der Waals surface area contributed by atoms with E-state index in [9.17, 15) is 13.2 Å². The van der Waals surface area contributed by atoms with Crippen LogP contribution in [0.2, 0.25) is 0 Å². The average molecular weight is 536 g/mol. The van der Waals surface area contributed by atoms with Crippen molar-refractivity contribution in [2.45, 2.75) is 51.1 Å². The average Bonchev–Trinajstić information content (AvgIpc) is 2.93. The van der Waals surface area contributed by atoms with E-state index in [2.05, 4.69) is 22.3 Å². The molecule has 1 heterocycles. The number of anilines is 1. The summed E-state index contributed by atoms with van der Waals surface area (Å²) < 4.78 is 33.8. The predicted octanol–water partition coefficient (Wildman–Crippen LogP) is 4.89. The van der Waals surface area contributed by atoms with Crippen LogP contribution in [0.15, 0.2) is 77.7 Å². The van der Waals surface area contributed by atoms with Gasteiger partial charge in [-0.2, -0.15) is 0 Å². The lowest BCUT2D eigenvalue weighted by molar-refractivity contribution is -0.119. The first-order valence-corrected chi connectivity index (χ1v) is 14.7. The fourth-order valence-electron chi connectivity index (χ4n) is 4.55. The topological polar surface area (TPSA) is 79.0 Å². The van der Waals surface area contributed by atoms with E-state index in [1.807, 2.05) is 26.0 Å². The van der Waals surface area contributed by atoms with E-state index >= 15 is 0 Å². The van der Waals surface area contributed by atoms with E-state index in [1.54, 1.807) is 48.5 Å². The first-order valence-electron chi connectivity index (χ1n) is 13.2. The van der Waals surface area contributed by atoms with Gasteiger partial charge in [0.05, 0.1) is 17.2 Å². The van der Waals surface area contributed by atoms with Crippen LogP contribution in [-0.4, -0.2) is 45.5 Å². The highest BCUT2D eigenvalue weighted by molar-refractivity contribution is 7.92. The number of ether oxygens (including phenoxy) is 1. The van der Waals surface area contributed by atoms with Crippen molar-refractivity contribution >= 4 is 21.6 Å². The molecule has 7 nitrogen and oxygen atoms in total. The summed E-state index contributed by atoms with van der Waals surface area (Å²) in [6, 6.07) is 21.6. The van der Waals surface area contributed by atoms with E-state index in [1.165, 1.54) is 24.8 Å². The Kier molecular flexibility index (Phi) is 9.42. The van der Waals surface area contributed by atoms with Gasteiger partial charge in [-0.25, -0.2) is 8.42 Å². The Morgan fingerprint density at radius 3 is 2.16 bits per heavy atom. The fraction of sp³-hybridized carbons (Fsp3) is 0.367. The number of carbonyl (C=O) groups excluding carboxylic acids is 1. The van der Waals surface area contributed by atoms with Crippen LogP contribution in [0.5, 0.6) is 5.75 Å². The number of carbonyl (C=O) groups is 1. The number of hydrogen-bond donors (Lipinski definition) is 1. The van der Waals surface area contributed by atoms with Crippen LogP contribution >= 0.6 is 0 Å². The van der Waals surface area contributed by atoms with Gasteiger partial charge in [-0.15, -0.1) is 0 Å². The molecule has 202 valence electrons. The second kappa shape index (κ2) is 12.9. The molecule has 1 aliphatic rings. The quantitative estimate of drug-likeness (QED) is 0.378. The summed E-state index contributed by atoms with van der Waals surface area (Å²) in [6.45, 7) is 7.51. The van der Waals surface area contributed by atoms with Gasteiger partial charge in [0.25, 0.3) is 10.0 Å². The maximum absolute atomic E-state index is 13.6. The Morgan fingerprint density at radius 1 is 0.895 bits per heavy atom. The lowest BCUT2D eigenvalue weighted by Gasteiger charge is -2.26. The zero-order valence-electron chi connectivity index (χ0n) is 22.2. The van der Waals surface area contributed by atoms with Crippen LogP contribution in [0.25, 0.3) is 0 Å². The van der Waals surface area contributed by atoms with Gasteiger partial charge in [0, 0.05) is 13.1 Å². The van der Waals surface area contributed by atoms with Crippen LogP contribution in [0.3, 0.4) is 0 Å². The number of sulfonamides is 1. The third kappa shape index (κ3) is 7.36. The summed E-state index contributed by atoms with van der Waals surface area (Å²) in [5.74, 6) is 0.254. The van der Waals surface area contributed by atoms with E-state index < -0.39 is 10.0 Å². The zero-order chi connectivity index (χ0) is 27.0. The minimum Gasteiger partial charge on any atom is -0.494 e. The highest BCUT2D eigenvalue weighted by Gasteiger charge is 2.27. The van der Waals surface area contributed by atoms with Gasteiger partial charge in [0.1, 0.15) is 12.3 Å². The minimum atomic E-state index is -3.97. The molecule has 3 aromatic carbocycles. The number of aryl methyl sites for hydroxylation is 1. The molecule has 0 radical (unpaired) electrons. The zero-order valence-corrected chi connectivity index (χ0v) is 23.0. The number of nitrogens with one attached hydrogen (secondary N) is 1. The van der Waals surface area contributed by atoms with Crippen LogP contribution in [0.4, 0.5) is 5.69 Å². The largest absolute Gasteiger partial charge is 0.494 e. The normalized spacial score (nSPS) is 14.2. The number of amides is 1. The van der Waals surface area contributed by atoms with Crippen molar-refractivity contribution in [1.29, 1.82) is 0 Å². The lowest BCUT2D eigenvalue weighted by atomic mass is 10.1. The summed E-state index contributed by atoms with van der Waals surface area (Å²) in [4.78, 5) is 15.6. The van der Waals surface area contributed by atoms with Gasteiger partial charge in [-0.1, -0.05) is 48.4 Å². The molecule has 0 atom stereocenters. The van der Waals surface area contributed by atoms with Gasteiger partial charge < -0.3 is 10.1 Å². The molecule has 0 saturated carbocycles. The molecule has 1 fully saturated rings. The SMILES string of the molecule is CCOc1ccc(N(CC(=O)NCc2ccc(CN3CCCCC3)cc2)S(=O)(=O)c2ccc(C)cc2)cc1. The summed E-state index contributed by atoms with van der Waals surface area (Å²) in [5, 5.41) is 2.88. The summed E-state index contributed by atoms with van der Waals surface area (Å²) in [7, 11) is -3.97. The number of benzene rings is 3. The molecular formula is C30H37N3O4S. The molecule has 0 aliphatic carbocycles. The highest BCUT2D eigenvalue weighted by Crippen LogP contribution is 2.26. The van der Waals surface area contributed by atoms with Gasteiger partial charge in [-0.05, 0) is 87.3 Å². The van der Waals surface area contributed by atoms with Crippen LogP contribution < -0.4 is 14.4 Å². The summed E-state index contributed by atoms with van der Waals surface area (Å²) >= 11 is 0. The maximum atomic E-state index is 13.6. The van der Waals surface area contributed by atoms with Crippen LogP contribution in [0.1, 0.15) is 42.9 Å². The predicted molar refractivity (Wildman–Crippen MR) is 151 cm³/mol. The molecule has 4 rings (SSSR count). The number of likely N-dealkylation sites (tertiary alicyclic amines) is 1. The van der Waals surface area contributed by atoms with E-state index in [0.717, 1.165) is 35.1 Å². The number of nitrogens with zero attached hydrogens (tertiary/aromatic N) is 2. The van der Waals surface area contributed by atoms with Crippen LogP contribution in [0, 0.1) is 6.92 Å². The highest BCUT2D eigenvalue weighted by atomic mass is 32.2. The first-order chi connectivity index (χ1) is 18.3. The Balaban J connectivity index is 1.44. The number of rotatable bonds is 11. The van der Waals surface area contributed by atoms with E-state index in [-0.39, 0.29) is 17.3 Å². The Morgan fingerprint density at radius 2 is 1.53 bits per heavy atom. The Labute approximate surface area is 226 Å². The van der Waals surface area contributed by atoms with Crippen LogP contribution in [-0.2, 0) is 27.9 Å². The monoisotopic (exact) mass is 535 g/mol. The summed E-state index contributed by atoms with van der Waals surface area (Å²) in [5.41, 5.74) is 3.57. The van der Waals surface area contributed by atoms with Gasteiger partial charge >= 0.3 is 0 Å². The molecular weight excluding hydrogens is 498 g/mol. The molecule has 1 amide bonds. The van der Waals surface area contributed by atoms with Gasteiger partial charge in [0.2, 0.25) is 5.91 Å². The van der Waals surface area contributed by atoms with E-state index in [0.29, 0.717) is 24.6 Å². The molecule has 1 aliphatic heterocycles. The smallest absolute Gasteiger partial charge is 0.264 e. The minimum absolute atomic E-state index is 0.133. The third-order valence-electron chi connectivity index (χ3n) is 6.70. The number of piperidine rings is 1. The Bertz CT molecular complexity index is 1280. The standard InChI is InChI=1S/C30H37N3O4S/c1-3-37-28-15-13-27(14-16-28)33(38(35,36)29-17-7-24(2)8-18-29)23-30(34)31-21-25-9-11-26(12-10-25)22-32-19-5-4-6-20-32/h7-18H,3-6,19-23H2,1-2H3,(H,31,34). The van der Waals surface area contributed by atoms with Crippen molar-refractivity contribution in [3.05, 3.63) is 89.5 Å². The molecule has 1 N–H and O–H groups in total. The van der Waals surface area contributed by atoms with Crippen molar-refractivity contribution in [2.75, 3.05) is 30.5 Å². The number of hydrogen-bond acceptors (Lipinski definition) is 5. The molecule has 8 heteroatoms. The van der Waals surface area contributed by atoms with Crippen molar-refractivity contribution in [2.24, 2.45) is 0 Å². The molecule has 0 spiro atoms. The molecule has 1 saturated heterocycles. The molecule has 0 bridgehead atoms. The fourth-order valence-corrected chi connectivity index (χ4v) is 5.97.